The lowest BCUT2D eigenvalue weighted by Crippen LogP contribution is -2.34. The van der Waals surface area contributed by atoms with Crippen LogP contribution in [-0.4, -0.2) is 21.7 Å². The smallest absolute Gasteiger partial charge is 0.301 e. The SMILES string of the molecule is NC1=CC([N+](=O)[O-])=CC([N+](=O)[O-])C1=O. The number of hydrogen-bond acceptors (Lipinski definition) is 6. The van der Waals surface area contributed by atoms with Gasteiger partial charge in [0.15, 0.2) is 0 Å². The molecule has 1 rings (SSSR count). The van der Waals surface area contributed by atoms with Crippen LogP contribution < -0.4 is 5.73 Å². The third-order valence-corrected chi connectivity index (χ3v) is 1.62. The lowest BCUT2D eigenvalue weighted by atomic mass is 10.0. The number of nitrogens with two attached hydrogens (primary N) is 1. The Kier molecular flexibility index (Phi) is 2.28. The molecule has 1 aliphatic carbocycles. The Labute approximate surface area is 77.0 Å². The van der Waals surface area contributed by atoms with Crippen LogP contribution >= 0.6 is 0 Å². The van der Waals surface area contributed by atoms with Gasteiger partial charge in [-0.25, -0.2) is 0 Å². The standard InChI is InChI=1S/C6H5N3O5/c7-4-1-3(8(11)12)2-5(6(4)10)9(13)14/h1-2,5H,7H2. The van der Waals surface area contributed by atoms with Gasteiger partial charge in [0.2, 0.25) is 0 Å². The molecule has 0 fully saturated rings. The van der Waals surface area contributed by atoms with Gasteiger partial charge in [-0.2, -0.15) is 0 Å². The van der Waals surface area contributed by atoms with E-state index in [0.717, 1.165) is 6.08 Å². The van der Waals surface area contributed by atoms with Crippen LogP contribution in [-0.2, 0) is 4.79 Å². The van der Waals surface area contributed by atoms with Gasteiger partial charge in [0.25, 0.3) is 11.5 Å². The number of hydrogen-bond donors (Lipinski definition) is 1. The largest absolute Gasteiger partial charge is 0.395 e. The summed E-state index contributed by atoms with van der Waals surface area (Å²) in [5, 5.41) is 20.6. The average molecular weight is 199 g/mol. The Hall–Kier alpha value is -2.25. The van der Waals surface area contributed by atoms with Crippen LogP contribution in [0.1, 0.15) is 0 Å². The molecule has 8 nitrogen and oxygen atoms in total. The number of nitro groups is 2. The van der Waals surface area contributed by atoms with Gasteiger partial charge in [0.1, 0.15) is 0 Å². The molecule has 0 bridgehead atoms. The molecule has 8 heteroatoms. The number of allylic oxidation sites excluding steroid dienone is 1. The molecule has 14 heavy (non-hydrogen) atoms. The molecule has 0 amide bonds. The second-order valence-electron chi connectivity index (χ2n) is 2.54. The topological polar surface area (TPSA) is 129 Å². The molecule has 1 aliphatic rings. The molecule has 0 aromatic rings. The maximum absolute atomic E-state index is 11.0. The van der Waals surface area contributed by atoms with Gasteiger partial charge in [-0.15, -0.1) is 0 Å². The van der Waals surface area contributed by atoms with E-state index in [1.54, 1.807) is 0 Å². The van der Waals surface area contributed by atoms with E-state index in [-0.39, 0.29) is 0 Å². The summed E-state index contributed by atoms with van der Waals surface area (Å²) < 4.78 is 0. The Morgan fingerprint density at radius 3 is 2.36 bits per heavy atom. The van der Waals surface area contributed by atoms with Gasteiger partial charge in [-0.3, -0.25) is 25.0 Å². The highest BCUT2D eigenvalue weighted by Crippen LogP contribution is 2.13. The first-order valence-corrected chi connectivity index (χ1v) is 3.44. The Morgan fingerprint density at radius 2 is 1.93 bits per heavy atom. The second kappa shape index (κ2) is 3.24. The van der Waals surface area contributed by atoms with Crippen molar-refractivity contribution in [3.8, 4) is 0 Å². The van der Waals surface area contributed by atoms with Crippen LogP contribution in [0.2, 0.25) is 0 Å². The molecule has 0 spiro atoms. The molecule has 0 aromatic heterocycles. The van der Waals surface area contributed by atoms with Gasteiger partial charge in [0.05, 0.1) is 16.7 Å². The number of carbonyl (C=O) groups is 1. The zero-order valence-corrected chi connectivity index (χ0v) is 6.75. The third kappa shape index (κ3) is 1.58. The summed E-state index contributed by atoms with van der Waals surface area (Å²) in [4.78, 5) is 29.9. The number of Topliss-reactive ketones (excluding diaryl/α,β-unsaturated/α-hetero) is 1. The maximum Gasteiger partial charge on any atom is 0.301 e. The predicted molar refractivity (Wildman–Crippen MR) is 43.1 cm³/mol. The van der Waals surface area contributed by atoms with E-state index in [4.69, 9.17) is 5.73 Å². The van der Waals surface area contributed by atoms with Gasteiger partial charge >= 0.3 is 6.04 Å². The van der Waals surface area contributed by atoms with E-state index in [2.05, 4.69) is 0 Å². The first-order valence-electron chi connectivity index (χ1n) is 3.44. The summed E-state index contributed by atoms with van der Waals surface area (Å²) in [6.45, 7) is 0. The minimum Gasteiger partial charge on any atom is -0.395 e. The van der Waals surface area contributed by atoms with Crippen molar-refractivity contribution in [3.05, 3.63) is 43.8 Å². The quantitative estimate of drug-likeness (QED) is 0.458. The second-order valence-corrected chi connectivity index (χ2v) is 2.54. The van der Waals surface area contributed by atoms with Crippen molar-refractivity contribution in [1.29, 1.82) is 0 Å². The van der Waals surface area contributed by atoms with E-state index < -0.39 is 33.1 Å². The number of ketones is 1. The molecular formula is C6H5N3O5. The fourth-order valence-electron chi connectivity index (χ4n) is 0.957. The molecule has 0 saturated carbocycles. The van der Waals surface area contributed by atoms with Crippen molar-refractivity contribution in [2.24, 2.45) is 5.73 Å². The van der Waals surface area contributed by atoms with Crippen molar-refractivity contribution < 1.29 is 14.6 Å². The zero-order chi connectivity index (χ0) is 10.9. The van der Waals surface area contributed by atoms with Crippen LogP contribution in [0, 0.1) is 20.2 Å². The Balaban J connectivity index is 3.13. The van der Waals surface area contributed by atoms with E-state index in [9.17, 15) is 25.0 Å². The molecule has 1 unspecified atom stereocenters. The van der Waals surface area contributed by atoms with Gasteiger partial charge in [0, 0.05) is 11.0 Å². The van der Waals surface area contributed by atoms with Crippen molar-refractivity contribution in [2.75, 3.05) is 0 Å². The first kappa shape index (κ1) is 9.84. The molecular weight excluding hydrogens is 194 g/mol. The molecule has 1 atom stereocenters. The molecule has 0 radical (unpaired) electrons. The molecule has 0 aromatic carbocycles. The Bertz CT molecular complexity index is 383. The highest BCUT2D eigenvalue weighted by atomic mass is 16.6. The summed E-state index contributed by atoms with van der Waals surface area (Å²) in [7, 11) is 0. The van der Waals surface area contributed by atoms with Crippen molar-refractivity contribution in [1.82, 2.24) is 0 Å². The van der Waals surface area contributed by atoms with E-state index >= 15 is 0 Å². The van der Waals surface area contributed by atoms with Crippen LogP contribution in [0.15, 0.2) is 23.5 Å². The fraction of sp³-hybridized carbons (Fsp3) is 0.167. The number of nitrogens with zero attached hydrogens (tertiary/aromatic N) is 2. The highest BCUT2D eigenvalue weighted by molar-refractivity contribution is 6.00. The number of carbonyl (C=O) groups excluding carboxylic acids is 1. The normalized spacial score (nSPS) is 21.1. The molecule has 0 aliphatic heterocycles. The first-order chi connectivity index (χ1) is 6.43. The fourth-order valence-corrected chi connectivity index (χ4v) is 0.957. The third-order valence-electron chi connectivity index (χ3n) is 1.62. The average Bonchev–Trinajstić information content (AvgIpc) is 2.08. The van der Waals surface area contributed by atoms with Crippen molar-refractivity contribution in [3.63, 3.8) is 0 Å². The predicted octanol–water partition coefficient (Wildman–Crippen LogP) is -0.782. The summed E-state index contributed by atoms with van der Waals surface area (Å²) in [5.74, 6) is -0.930. The lowest BCUT2D eigenvalue weighted by Gasteiger charge is -2.07. The van der Waals surface area contributed by atoms with Crippen LogP contribution in [0.4, 0.5) is 0 Å². The summed E-state index contributed by atoms with van der Waals surface area (Å²) in [6.07, 6.45) is 1.47. The van der Waals surface area contributed by atoms with Crippen LogP contribution in [0.3, 0.4) is 0 Å². The zero-order valence-electron chi connectivity index (χ0n) is 6.75. The minimum absolute atomic E-state index is 0.471. The molecule has 2 N–H and O–H groups in total. The van der Waals surface area contributed by atoms with Crippen LogP contribution in [0.25, 0.3) is 0 Å². The van der Waals surface area contributed by atoms with Gasteiger partial charge < -0.3 is 5.73 Å². The van der Waals surface area contributed by atoms with Gasteiger partial charge in [-0.1, -0.05) is 0 Å². The molecule has 0 saturated heterocycles. The summed E-state index contributed by atoms with van der Waals surface area (Å²) in [6, 6.07) is -1.75. The maximum atomic E-state index is 11.0. The minimum atomic E-state index is -1.75. The van der Waals surface area contributed by atoms with E-state index in [0.29, 0.717) is 6.08 Å². The van der Waals surface area contributed by atoms with Crippen molar-refractivity contribution in [2.45, 2.75) is 6.04 Å². The Morgan fingerprint density at radius 1 is 1.36 bits per heavy atom. The van der Waals surface area contributed by atoms with Crippen LogP contribution in [0.5, 0.6) is 0 Å². The van der Waals surface area contributed by atoms with Gasteiger partial charge in [-0.05, 0) is 0 Å². The molecule has 0 heterocycles. The lowest BCUT2D eigenvalue weighted by molar-refractivity contribution is -0.497. The summed E-state index contributed by atoms with van der Waals surface area (Å²) >= 11 is 0. The van der Waals surface area contributed by atoms with Crippen molar-refractivity contribution >= 4 is 5.78 Å². The highest BCUT2D eigenvalue weighted by Gasteiger charge is 2.36. The van der Waals surface area contributed by atoms with E-state index in [1.165, 1.54) is 0 Å². The van der Waals surface area contributed by atoms with E-state index in [1.807, 2.05) is 0 Å². The monoisotopic (exact) mass is 199 g/mol. The molecule has 74 valence electrons. The number of rotatable bonds is 2. The summed E-state index contributed by atoms with van der Waals surface area (Å²) in [5.41, 5.74) is 4.09.